The van der Waals surface area contributed by atoms with Crippen molar-refractivity contribution in [2.45, 2.75) is 32.9 Å². The molecule has 0 aliphatic heterocycles. The van der Waals surface area contributed by atoms with E-state index < -0.39 is 0 Å². The first-order chi connectivity index (χ1) is 15.4. The average Bonchev–Trinajstić information content (AvgIpc) is 2.79. The van der Waals surface area contributed by atoms with Gasteiger partial charge in [-0.15, -0.1) is 0 Å². The zero-order chi connectivity index (χ0) is 22.9. The Labute approximate surface area is 189 Å². The molecule has 3 N–H and O–H groups in total. The fourth-order valence-corrected chi connectivity index (χ4v) is 3.15. The monoisotopic (exact) mass is 431 g/mol. The molecule has 0 aliphatic carbocycles. The Hall–Kier alpha value is -3.80. The van der Waals surface area contributed by atoms with Crippen molar-refractivity contribution >= 4 is 23.2 Å². The summed E-state index contributed by atoms with van der Waals surface area (Å²) in [6, 6.07) is 24.0. The highest BCUT2D eigenvalue weighted by atomic mass is 16.5. The lowest BCUT2D eigenvalue weighted by Gasteiger charge is -2.15. The van der Waals surface area contributed by atoms with Crippen LogP contribution in [0, 0.1) is 0 Å². The van der Waals surface area contributed by atoms with Crippen molar-refractivity contribution in [1.82, 2.24) is 5.32 Å². The summed E-state index contributed by atoms with van der Waals surface area (Å²) >= 11 is 0. The molecule has 3 aromatic carbocycles. The lowest BCUT2D eigenvalue weighted by atomic mass is 10.1. The minimum absolute atomic E-state index is 0.0791. The molecule has 166 valence electrons. The maximum absolute atomic E-state index is 12.6. The van der Waals surface area contributed by atoms with Crippen LogP contribution in [0.4, 0.5) is 11.4 Å². The molecule has 0 saturated carbocycles. The van der Waals surface area contributed by atoms with Crippen molar-refractivity contribution in [3.05, 3.63) is 90.0 Å². The molecule has 3 rings (SSSR count). The van der Waals surface area contributed by atoms with Gasteiger partial charge < -0.3 is 20.7 Å². The van der Waals surface area contributed by atoms with E-state index in [4.69, 9.17) is 4.74 Å². The number of carbonyl (C=O) groups excluding carboxylic acids is 2. The molecule has 0 heterocycles. The van der Waals surface area contributed by atoms with E-state index in [0.29, 0.717) is 16.9 Å². The Balaban J connectivity index is 1.52. The number of anilines is 2. The van der Waals surface area contributed by atoms with Crippen molar-refractivity contribution in [3.8, 4) is 5.75 Å². The molecule has 6 nitrogen and oxygen atoms in total. The van der Waals surface area contributed by atoms with Crippen LogP contribution in [0.1, 0.15) is 42.7 Å². The molecular weight excluding hydrogens is 402 g/mol. The van der Waals surface area contributed by atoms with Crippen LogP contribution >= 0.6 is 0 Å². The minimum Gasteiger partial charge on any atom is -0.491 e. The van der Waals surface area contributed by atoms with E-state index in [1.54, 1.807) is 30.3 Å². The lowest BCUT2D eigenvalue weighted by molar-refractivity contribution is -0.114. The summed E-state index contributed by atoms with van der Waals surface area (Å²) in [6.45, 7) is 5.95. The van der Waals surface area contributed by atoms with E-state index in [2.05, 4.69) is 16.0 Å². The summed E-state index contributed by atoms with van der Waals surface area (Å²) in [5.41, 5.74) is 2.95. The largest absolute Gasteiger partial charge is 0.491 e. The van der Waals surface area contributed by atoms with E-state index in [1.165, 1.54) is 0 Å². The van der Waals surface area contributed by atoms with Gasteiger partial charge in [-0.3, -0.25) is 9.59 Å². The number of benzene rings is 3. The van der Waals surface area contributed by atoms with Crippen LogP contribution in [0.2, 0.25) is 0 Å². The fraction of sp³-hybridized carbons (Fsp3) is 0.231. The van der Waals surface area contributed by atoms with Gasteiger partial charge in [0.05, 0.1) is 18.7 Å². The van der Waals surface area contributed by atoms with Gasteiger partial charge in [0.2, 0.25) is 5.91 Å². The molecular formula is C26H29N3O3. The standard InChI is InChI=1S/C26H29N3O3/c1-18(2)32-24-14-12-22(13-15-24)29-25(30)17-27-23-11-7-10-21(16-23)26(31)28-19(3)20-8-5-4-6-9-20/h4-16,18-19,27H,17H2,1-3H3,(H,28,31)(H,29,30). The Bertz CT molecular complexity index is 1030. The van der Waals surface area contributed by atoms with Gasteiger partial charge >= 0.3 is 0 Å². The SMILES string of the molecule is CC(C)Oc1ccc(NC(=O)CNc2cccc(C(=O)NC(C)c3ccccc3)c2)cc1. The third kappa shape index (κ3) is 6.87. The highest BCUT2D eigenvalue weighted by Crippen LogP contribution is 2.17. The van der Waals surface area contributed by atoms with Crippen LogP contribution in [-0.2, 0) is 4.79 Å². The molecule has 0 radical (unpaired) electrons. The first kappa shape index (κ1) is 22.9. The molecule has 0 fully saturated rings. The van der Waals surface area contributed by atoms with Crippen LogP contribution in [0.15, 0.2) is 78.9 Å². The molecule has 1 unspecified atom stereocenters. The van der Waals surface area contributed by atoms with Gasteiger partial charge in [0.25, 0.3) is 5.91 Å². The Morgan fingerprint density at radius 3 is 2.25 bits per heavy atom. The fourth-order valence-electron chi connectivity index (χ4n) is 3.15. The predicted octanol–water partition coefficient (Wildman–Crippen LogP) is 5.02. The van der Waals surface area contributed by atoms with Crippen LogP contribution < -0.4 is 20.7 Å². The zero-order valence-electron chi connectivity index (χ0n) is 18.6. The van der Waals surface area contributed by atoms with E-state index in [-0.39, 0.29) is 30.5 Å². The minimum atomic E-state index is -0.185. The van der Waals surface area contributed by atoms with Crippen LogP contribution in [0.25, 0.3) is 0 Å². The summed E-state index contributed by atoms with van der Waals surface area (Å²) in [5, 5.41) is 8.90. The van der Waals surface area contributed by atoms with Crippen molar-refractivity contribution in [1.29, 1.82) is 0 Å². The van der Waals surface area contributed by atoms with E-state index >= 15 is 0 Å². The number of ether oxygens (including phenoxy) is 1. The predicted molar refractivity (Wildman–Crippen MR) is 128 cm³/mol. The number of rotatable bonds is 9. The Morgan fingerprint density at radius 2 is 1.56 bits per heavy atom. The quantitative estimate of drug-likeness (QED) is 0.445. The average molecular weight is 432 g/mol. The Kier molecular flexibility index (Phi) is 7.86. The molecule has 32 heavy (non-hydrogen) atoms. The summed E-state index contributed by atoms with van der Waals surface area (Å²) in [6.07, 6.45) is 0.0963. The Morgan fingerprint density at radius 1 is 0.844 bits per heavy atom. The van der Waals surface area contributed by atoms with E-state index in [9.17, 15) is 9.59 Å². The number of hydrogen-bond donors (Lipinski definition) is 3. The summed E-state index contributed by atoms with van der Waals surface area (Å²) in [5.74, 6) is 0.404. The zero-order valence-corrected chi connectivity index (χ0v) is 18.6. The molecule has 3 aromatic rings. The molecule has 0 spiro atoms. The maximum Gasteiger partial charge on any atom is 0.251 e. The van der Waals surface area contributed by atoms with E-state index in [0.717, 1.165) is 11.3 Å². The topological polar surface area (TPSA) is 79.5 Å². The number of hydrogen-bond acceptors (Lipinski definition) is 4. The molecule has 6 heteroatoms. The van der Waals surface area contributed by atoms with Gasteiger partial charge in [0.1, 0.15) is 5.75 Å². The smallest absolute Gasteiger partial charge is 0.251 e. The van der Waals surface area contributed by atoms with Crippen molar-refractivity contribution < 1.29 is 14.3 Å². The summed E-state index contributed by atoms with van der Waals surface area (Å²) in [4.78, 5) is 24.9. The van der Waals surface area contributed by atoms with Gasteiger partial charge in [-0.05, 0) is 68.8 Å². The van der Waals surface area contributed by atoms with Gasteiger partial charge in [0.15, 0.2) is 0 Å². The summed E-state index contributed by atoms with van der Waals surface area (Å²) in [7, 11) is 0. The molecule has 0 aliphatic rings. The third-order valence-electron chi connectivity index (χ3n) is 4.73. The van der Waals surface area contributed by atoms with Gasteiger partial charge in [-0.25, -0.2) is 0 Å². The lowest BCUT2D eigenvalue weighted by Crippen LogP contribution is -2.26. The van der Waals surface area contributed by atoms with Crippen LogP contribution in [0.3, 0.4) is 0 Å². The maximum atomic E-state index is 12.6. The van der Waals surface area contributed by atoms with Gasteiger partial charge in [-0.1, -0.05) is 36.4 Å². The molecule has 0 bridgehead atoms. The first-order valence-electron chi connectivity index (χ1n) is 10.7. The number of carbonyl (C=O) groups is 2. The third-order valence-corrected chi connectivity index (χ3v) is 4.73. The highest BCUT2D eigenvalue weighted by Gasteiger charge is 2.12. The number of nitrogens with one attached hydrogen (secondary N) is 3. The summed E-state index contributed by atoms with van der Waals surface area (Å²) < 4.78 is 5.60. The normalized spacial score (nSPS) is 11.5. The second-order valence-electron chi connectivity index (χ2n) is 7.78. The second kappa shape index (κ2) is 11.0. The van der Waals surface area contributed by atoms with Gasteiger partial charge in [0, 0.05) is 16.9 Å². The van der Waals surface area contributed by atoms with Crippen LogP contribution in [-0.4, -0.2) is 24.5 Å². The van der Waals surface area contributed by atoms with Crippen molar-refractivity contribution in [3.63, 3.8) is 0 Å². The van der Waals surface area contributed by atoms with Gasteiger partial charge in [-0.2, -0.15) is 0 Å². The first-order valence-corrected chi connectivity index (χ1v) is 10.7. The molecule has 1 atom stereocenters. The molecule has 2 amide bonds. The van der Waals surface area contributed by atoms with Crippen molar-refractivity contribution in [2.75, 3.05) is 17.2 Å². The second-order valence-corrected chi connectivity index (χ2v) is 7.78. The number of amides is 2. The van der Waals surface area contributed by atoms with Crippen molar-refractivity contribution in [2.24, 2.45) is 0 Å². The molecule has 0 aromatic heterocycles. The molecule has 0 saturated heterocycles. The van der Waals surface area contributed by atoms with E-state index in [1.807, 2.05) is 69.3 Å². The van der Waals surface area contributed by atoms with Crippen LogP contribution in [0.5, 0.6) is 5.75 Å². The highest BCUT2D eigenvalue weighted by molar-refractivity contribution is 5.96.